The van der Waals surface area contributed by atoms with Crippen molar-refractivity contribution in [2.24, 2.45) is 0 Å². The molecule has 2 rings (SSSR count). The van der Waals surface area contributed by atoms with Crippen molar-refractivity contribution in [2.75, 3.05) is 0 Å². The van der Waals surface area contributed by atoms with Gasteiger partial charge in [0.1, 0.15) is 5.82 Å². The van der Waals surface area contributed by atoms with Crippen LogP contribution in [0.5, 0.6) is 0 Å². The highest BCUT2D eigenvalue weighted by molar-refractivity contribution is 6.17. The summed E-state index contributed by atoms with van der Waals surface area (Å²) in [5, 5.41) is 2.88. The van der Waals surface area contributed by atoms with E-state index in [9.17, 15) is 9.18 Å². The number of halogens is 2. The van der Waals surface area contributed by atoms with Crippen molar-refractivity contribution in [2.45, 2.75) is 18.8 Å². The van der Waals surface area contributed by atoms with Gasteiger partial charge >= 0.3 is 0 Å². The number of rotatable bonds is 4. The zero-order chi connectivity index (χ0) is 14.5. The quantitative estimate of drug-likeness (QED) is 0.846. The van der Waals surface area contributed by atoms with Crippen molar-refractivity contribution < 1.29 is 9.18 Å². The number of alkyl halides is 1. The molecule has 0 aromatic heterocycles. The Labute approximate surface area is 122 Å². The van der Waals surface area contributed by atoms with E-state index in [1.54, 1.807) is 30.3 Å². The van der Waals surface area contributed by atoms with Crippen LogP contribution < -0.4 is 5.32 Å². The van der Waals surface area contributed by atoms with E-state index in [0.717, 1.165) is 11.1 Å². The third kappa shape index (κ3) is 3.58. The standard InChI is InChI=1S/C16H15ClFNO/c1-11(13-5-7-15(18)8-6-13)19-16(20)14-4-2-3-12(9-14)10-17/h2-9,11H,10H2,1H3,(H,19,20)/t11-/m0/s1. The maximum Gasteiger partial charge on any atom is 0.251 e. The summed E-state index contributed by atoms with van der Waals surface area (Å²) in [7, 11) is 0. The summed E-state index contributed by atoms with van der Waals surface area (Å²) in [4.78, 5) is 12.1. The number of benzene rings is 2. The predicted octanol–water partition coefficient (Wildman–Crippen LogP) is 4.06. The van der Waals surface area contributed by atoms with E-state index in [1.165, 1.54) is 12.1 Å². The Morgan fingerprint density at radius 2 is 1.95 bits per heavy atom. The summed E-state index contributed by atoms with van der Waals surface area (Å²) in [5.74, 6) is -0.0925. The molecule has 2 nitrogen and oxygen atoms in total. The van der Waals surface area contributed by atoms with E-state index in [-0.39, 0.29) is 17.8 Å². The van der Waals surface area contributed by atoms with E-state index < -0.39 is 0 Å². The normalized spacial score (nSPS) is 11.9. The largest absolute Gasteiger partial charge is 0.346 e. The van der Waals surface area contributed by atoms with Crippen LogP contribution in [0.15, 0.2) is 48.5 Å². The van der Waals surface area contributed by atoms with Crippen LogP contribution in [0.3, 0.4) is 0 Å². The third-order valence-corrected chi connectivity index (χ3v) is 3.37. The molecule has 20 heavy (non-hydrogen) atoms. The average molecular weight is 292 g/mol. The molecule has 0 aliphatic carbocycles. The molecule has 1 atom stereocenters. The molecule has 0 radical (unpaired) electrons. The van der Waals surface area contributed by atoms with Crippen LogP contribution in [0.4, 0.5) is 4.39 Å². The lowest BCUT2D eigenvalue weighted by molar-refractivity contribution is 0.0940. The zero-order valence-corrected chi connectivity index (χ0v) is 11.8. The van der Waals surface area contributed by atoms with E-state index in [0.29, 0.717) is 11.4 Å². The van der Waals surface area contributed by atoms with Crippen molar-refractivity contribution in [3.8, 4) is 0 Å². The lowest BCUT2D eigenvalue weighted by Crippen LogP contribution is -2.26. The first kappa shape index (κ1) is 14.5. The van der Waals surface area contributed by atoms with Gasteiger partial charge in [0.25, 0.3) is 5.91 Å². The molecule has 1 N–H and O–H groups in total. The number of carbonyl (C=O) groups is 1. The minimum Gasteiger partial charge on any atom is -0.346 e. The summed E-state index contributed by atoms with van der Waals surface area (Å²) in [6, 6.07) is 13.1. The molecule has 0 unspecified atom stereocenters. The molecule has 0 saturated heterocycles. The SMILES string of the molecule is C[C@H](NC(=O)c1cccc(CCl)c1)c1ccc(F)cc1. The lowest BCUT2D eigenvalue weighted by Gasteiger charge is -2.14. The first-order valence-electron chi connectivity index (χ1n) is 6.31. The molecule has 0 fully saturated rings. The molecule has 0 spiro atoms. The maximum atomic E-state index is 12.9. The summed E-state index contributed by atoms with van der Waals surface area (Å²) >= 11 is 5.75. The predicted molar refractivity (Wildman–Crippen MR) is 78.3 cm³/mol. The van der Waals surface area contributed by atoms with E-state index in [4.69, 9.17) is 11.6 Å². The fourth-order valence-electron chi connectivity index (χ4n) is 1.91. The van der Waals surface area contributed by atoms with Crippen LogP contribution in [-0.2, 0) is 5.88 Å². The monoisotopic (exact) mass is 291 g/mol. The summed E-state index contributed by atoms with van der Waals surface area (Å²) in [5.41, 5.74) is 2.32. The summed E-state index contributed by atoms with van der Waals surface area (Å²) in [6.45, 7) is 1.86. The van der Waals surface area contributed by atoms with Crippen LogP contribution >= 0.6 is 11.6 Å². The molecule has 0 aliphatic rings. The smallest absolute Gasteiger partial charge is 0.251 e. The van der Waals surface area contributed by atoms with E-state index in [2.05, 4.69) is 5.32 Å². The highest BCUT2D eigenvalue weighted by Gasteiger charge is 2.11. The number of nitrogens with one attached hydrogen (secondary N) is 1. The van der Waals surface area contributed by atoms with Crippen molar-refractivity contribution in [3.05, 3.63) is 71.0 Å². The van der Waals surface area contributed by atoms with Crippen LogP contribution in [0, 0.1) is 5.82 Å². The van der Waals surface area contributed by atoms with Crippen LogP contribution in [0.2, 0.25) is 0 Å². The van der Waals surface area contributed by atoms with Gasteiger partial charge in [-0.2, -0.15) is 0 Å². The minimum atomic E-state index is -0.290. The Bertz CT molecular complexity index is 598. The van der Waals surface area contributed by atoms with Gasteiger partial charge in [-0.3, -0.25) is 4.79 Å². The lowest BCUT2D eigenvalue weighted by atomic mass is 10.1. The Balaban J connectivity index is 2.08. The molecule has 0 heterocycles. The van der Waals surface area contributed by atoms with E-state index in [1.807, 2.05) is 13.0 Å². The summed E-state index contributed by atoms with van der Waals surface area (Å²) < 4.78 is 12.9. The Morgan fingerprint density at radius 3 is 2.60 bits per heavy atom. The van der Waals surface area contributed by atoms with Gasteiger partial charge in [-0.25, -0.2) is 4.39 Å². The third-order valence-electron chi connectivity index (χ3n) is 3.06. The van der Waals surface area contributed by atoms with Crippen LogP contribution in [0.25, 0.3) is 0 Å². The molecule has 2 aromatic rings. The highest BCUT2D eigenvalue weighted by atomic mass is 35.5. The first-order chi connectivity index (χ1) is 9.60. The van der Waals surface area contributed by atoms with Crippen molar-refractivity contribution in [1.29, 1.82) is 0 Å². The molecule has 1 amide bonds. The van der Waals surface area contributed by atoms with Crippen molar-refractivity contribution in [1.82, 2.24) is 5.32 Å². The van der Waals surface area contributed by atoms with Gasteiger partial charge in [-0.15, -0.1) is 11.6 Å². The van der Waals surface area contributed by atoms with Gasteiger partial charge in [-0.05, 0) is 42.3 Å². The van der Waals surface area contributed by atoms with Crippen molar-refractivity contribution >= 4 is 17.5 Å². The second kappa shape index (κ2) is 6.53. The number of hydrogen-bond donors (Lipinski definition) is 1. The molecular weight excluding hydrogens is 277 g/mol. The number of carbonyl (C=O) groups excluding carboxylic acids is 1. The number of hydrogen-bond acceptors (Lipinski definition) is 1. The fraction of sp³-hybridized carbons (Fsp3) is 0.188. The van der Waals surface area contributed by atoms with Gasteiger partial charge in [0.15, 0.2) is 0 Å². The molecule has 4 heteroatoms. The average Bonchev–Trinajstić information content (AvgIpc) is 2.47. The molecular formula is C16H15ClFNO. The van der Waals surface area contributed by atoms with Gasteiger partial charge in [0, 0.05) is 11.4 Å². The first-order valence-corrected chi connectivity index (χ1v) is 6.85. The second-order valence-corrected chi connectivity index (χ2v) is 4.85. The molecule has 0 saturated carbocycles. The Morgan fingerprint density at radius 1 is 1.25 bits per heavy atom. The van der Waals surface area contributed by atoms with E-state index >= 15 is 0 Å². The Hall–Kier alpha value is -1.87. The van der Waals surface area contributed by atoms with Gasteiger partial charge in [-0.1, -0.05) is 24.3 Å². The topological polar surface area (TPSA) is 29.1 Å². The van der Waals surface area contributed by atoms with Crippen molar-refractivity contribution in [3.63, 3.8) is 0 Å². The highest BCUT2D eigenvalue weighted by Crippen LogP contribution is 2.14. The molecule has 104 valence electrons. The number of amides is 1. The molecule has 2 aromatic carbocycles. The summed E-state index contributed by atoms with van der Waals surface area (Å²) in [6.07, 6.45) is 0. The van der Waals surface area contributed by atoms with Gasteiger partial charge in [0.05, 0.1) is 6.04 Å². The maximum absolute atomic E-state index is 12.9. The second-order valence-electron chi connectivity index (χ2n) is 4.58. The molecule has 0 bridgehead atoms. The van der Waals surface area contributed by atoms with Gasteiger partial charge < -0.3 is 5.32 Å². The van der Waals surface area contributed by atoms with Crippen LogP contribution in [-0.4, -0.2) is 5.91 Å². The zero-order valence-electron chi connectivity index (χ0n) is 11.1. The van der Waals surface area contributed by atoms with Gasteiger partial charge in [0.2, 0.25) is 0 Å². The Kier molecular flexibility index (Phi) is 4.74. The fourth-order valence-corrected chi connectivity index (χ4v) is 2.08. The molecule has 0 aliphatic heterocycles. The minimum absolute atomic E-state index is 0.172. The van der Waals surface area contributed by atoms with Crippen LogP contribution in [0.1, 0.15) is 34.5 Å².